The van der Waals surface area contributed by atoms with Crippen molar-refractivity contribution in [1.29, 1.82) is 0 Å². The Labute approximate surface area is 326 Å². The summed E-state index contributed by atoms with van der Waals surface area (Å²) >= 11 is 0. The minimum absolute atomic E-state index is 0.0508. The fourth-order valence-electron chi connectivity index (χ4n) is 5.01. The van der Waals surface area contributed by atoms with Crippen LogP contribution in [0.5, 0.6) is 11.5 Å². The van der Waals surface area contributed by atoms with Crippen LogP contribution in [0.2, 0.25) is 0 Å². The van der Waals surface area contributed by atoms with Crippen LogP contribution in [0.3, 0.4) is 0 Å². The Balaban J connectivity index is 1.60. The number of halogens is 2. The van der Waals surface area contributed by atoms with E-state index in [1.54, 1.807) is 0 Å². The average molecular weight is 889 g/mol. The zero-order valence-electron chi connectivity index (χ0n) is 29.1. The summed E-state index contributed by atoms with van der Waals surface area (Å²) in [5, 5.41) is 31.8. The number of nitrogens with zero attached hydrogens (tertiary/aromatic N) is 6. The van der Waals surface area contributed by atoms with Crippen molar-refractivity contribution in [3.8, 4) is 11.5 Å². The number of sulfone groups is 1. The van der Waals surface area contributed by atoms with Gasteiger partial charge in [0.05, 0.1) is 30.1 Å². The number of anilines is 3. The van der Waals surface area contributed by atoms with Crippen LogP contribution in [-0.4, -0.2) is 88.9 Å². The van der Waals surface area contributed by atoms with E-state index in [1.165, 1.54) is 19.2 Å². The smallest absolute Gasteiger partial charge is 0.397 e. The van der Waals surface area contributed by atoms with E-state index in [2.05, 4.69) is 45.2 Å². The SMILES string of the molecule is CNc1ccc2c(O)c(/N=N/c3ccc(S(=O)(=O)CCOS(=O)(=O)O)cc3OC)c(S(=O)(=O)O)cc2c1/N=N/c1cc(Nc2cc(F)nc(F)n2)ccc1S(=O)(=O)O. The molecule has 22 nitrogen and oxygen atoms in total. The lowest BCUT2D eigenvalue weighted by atomic mass is 10.1. The Morgan fingerprint density at radius 3 is 2.03 bits per heavy atom. The third-order valence-corrected chi connectivity index (χ3v) is 11.4. The third kappa shape index (κ3) is 10.2. The van der Waals surface area contributed by atoms with Crippen molar-refractivity contribution in [1.82, 2.24) is 9.97 Å². The molecule has 0 unspecified atom stereocenters. The number of nitrogens with one attached hydrogen (secondary N) is 2. The van der Waals surface area contributed by atoms with Crippen molar-refractivity contribution in [2.75, 3.05) is 37.2 Å². The van der Waals surface area contributed by atoms with Gasteiger partial charge in [0.15, 0.2) is 15.6 Å². The molecular weight excluding hydrogens is 863 g/mol. The van der Waals surface area contributed by atoms with Crippen LogP contribution in [0.1, 0.15) is 0 Å². The van der Waals surface area contributed by atoms with E-state index in [-0.39, 0.29) is 45.1 Å². The second kappa shape index (κ2) is 16.5. The molecule has 0 aliphatic carbocycles. The molecule has 1 heterocycles. The lowest BCUT2D eigenvalue weighted by Gasteiger charge is -2.13. The van der Waals surface area contributed by atoms with Crippen molar-refractivity contribution in [3.05, 3.63) is 72.7 Å². The van der Waals surface area contributed by atoms with E-state index in [9.17, 15) is 56.7 Å². The van der Waals surface area contributed by atoms with E-state index < -0.39 is 96.7 Å². The number of hydrogen-bond donors (Lipinski definition) is 6. The lowest BCUT2D eigenvalue weighted by molar-refractivity contribution is 0.284. The highest BCUT2D eigenvalue weighted by Gasteiger charge is 2.25. The molecule has 5 rings (SSSR count). The summed E-state index contributed by atoms with van der Waals surface area (Å²) in [5.74, 6) is -3.64. The molecule has 0 saturated carbocycles. The summed E-state index contributed by atoms with van der Waals surface area (Å²) in [6, 6.07) is 10.2. The molecule has 0 bridgehead atoms. The first-order valence-electron chi connectivity index (χ1n) is 15.4. The highest BCUT2D eigenvalue weighted by atomic mass is 32.3. The van der Waals surface area contributed by atoms with Gasteiger partial charge in [-0.05, 0) is 48.5 Å². The molecule has 1 aromatic heterocycles. The van der Waals surface area contributed by atoms with Crippen molar-refractivity contribution < 1.29 is 70.1 Å². The molecule has 5 aromatic rings. The Morgan fingerprint density at radius 1 is 0.741 bits per heavy atom. The number of aromatic nitrogens is 2. The summed E-state index contributed by atoms with van der Waals surface area (Å²) in [5.41, 5.74) is -1.80. The predicted molar refractivity (Wildman–Crippen MR) is 197 cm³/mol. The molecule has 0 saturated heterocycles. The molecule has 58 heavy (non-hydrogen) atoms. The minimum Gasteiger partial charge on any atom is -0.505 e. The van der Waals surface area contributed by atoms with Gasteiger partial charge < -0.3 is 20.5 Å². The summed E-state index contributed by atoms with van der Waals surface area (Å²) in [7, 11) is -16.8. The third-order valence-electron chi connectivity index (χ3n) is 7.54. The van der Waals surface area contributed by atoms with Crippen molar-refractivity contribution in [2.45, 2.75) is 14.7 Å². The highest BCUT2D eigenvalue weighted by molar-refractivity contribution is 7.91. The van der Waals surface area contributed by atoms with E-state index in [4.69, 9.17) is 9.29 Å². The zero-order valence-corrected chi connectivity index (χ0v) is 32.4. The van der Waals surface area contributed by atoms with Gasteiger partial charge in [0, 0.05) is 35.6 Å². The number of aromatic hydroxyl groups is 1. The number of methoxy groups -OCH3 is 1. The predicted octanol–water partition coefficient (Wildman–Crippen LogP) is 5.32. The van der Waals surface area contributed by atoms with Gasteiger partial charge >= 0.3 is 16.5 Å². The summed E-state index contributed by atoms with van der Waals surface area (Å²) < 4.78 is 162. The number of phenolic OH excluding ortho intramolecular Hbond substituents is 1. The van der Waals surface area contributed by atoms with Gasteiger partial charge in [0.1, 0.15) is 44.1 Å². The number of phenols is 1. The molecule has 0 radical (unpaired) electrons. The number of rotatable bonds is 15. The Kier molecular flexibility index (Phi) is 12.3. The van der Waals surface area contributed by atoms with Crippen LogP contribution < -0.4 is 15.4 Å². The van der Waals surface area contributed by atoms with Gasteiger partial charge in [-0.1, -0.05) is 0 Å². The first kappa shape index (κ1) is 43.2. The fourth-order valence-corrected chi connectivity index (χ4v) is 7.76. The zero-order chi connectivity index (χ0) is 42.8. The van der Waals surface area contributed by atoms with Crippen LogP contribution in [-0.2, 0) is 44.7 Å². The normalized spacial score (nSPS) is 12.7. The number of azo groups is 2. The van der Waals surface area contributed by atoms with Gasteiger partial charge in [0.25, 0.3) is 20.2 Å². The topological polar surface area (TPSA) is 335 Å². The van der Waals surface area contributed by atoms with Crippen LogP contribution in [0, 0.1) is 12.0 Å². The highest BCUT2D eigenvalue weighted by Crippen LogP contribution is 2.47. The van der Waals surface area contributed by atoms with Gasteiger partial charge in [0.2, 0.25) is 5.95 Å². The molecule has 308 valence electrons. The van der Waals surface area contributed by atoms with Crippen molar-refractivity contribution in [3.63, 3.8) is 0 Å². The summed E-state index contributed by atoms with van der Waals surface area (Å²) in [4.78, 5) is 4.02. The largest absolute Gasteiger partial charge is 0.505 e. The molecule has 6 N–H and O–H groups in total. The molecular formula is C30H26F2N8O14S4. The second-order valence-corrected chi connectivity index (χ2v) is 17.3. The van der Waals surface area contributed by atoms with Gasteiger partial charge in [-0.3, -0.25) is 13.7 Å². The maximum absolute atomic E-state index is 13.6. The number of fused-ring (bicyclic) bond motifs is 1. The van der Waals surface area contributed by atoms with Crippen LogP contribution in [0.4, 0.5) is 48.7 Å². The Morgan fingerprint density at radius 2 is 1.41 bits per heavy atom. The molecule has 28 heteroatoms. The summed E-state index contributed by atoms with van der Waals surface area (Å²) in [6.07, 6.45) is -1.42. The first-order valence-corrected chi connectivity index (χ1v) is 21.3. The van der Waals surface area contributed by atoms with E-state index >= 15 is 0 Å². The molecule has 0 atom stereocenters. The molecule has 0 aliphatic heterocycles. The summed E-state index contributed by atoms with van der Waals surface area (Å²) in [6.45, 7) is -0.919. The van der Waals surface area contributed by atoms with E-state index in [1.807, 2.05) is 0 Å². The monoisotopic (exact) mass is 888 g/mol. The van der Waals surface area contributed by atoms with E-state index in [0.717, 1.165) is 55.6 Å². The van der Waals surface area contributed by atoms with Crippen LogP contribution in [0.15, 0.2) is 95.8 Å². The maximum Gasteiger partial charge on any atom is 0.397 e. The van der Waals surface area contributed by atoms with Crippen LogP contribution in [0.25, 0.3) is 10.8 Å². The molecule has 0 amide bonds. The quantitative estimate of drug-likeness (QED) is 0.0335. The first-order chi connectivity index (χ1) is 27.0. The van der Waals surface area contributed by atoms with Crippen molar-refractivity contribution in [2.24, 2.45) is 20.5 Å². The molecule has 4 aromatic carbocycles. The van der Waals surface area contributed by atoms with Gasteiger partial charge in [-0.2, -0.15) is 44.0 Å². The standard InChI is InChI=1S/C30H26F2N8O14S4/c1-33-20-7-5-17-18(27(20)39-38-21-11-15(3-8-23(21)56(44,45)46)34-26-14-25(31)35-30(32)36-26)13-24(57(47,48)49)28(29(17)41)40-37-19-6-4-16(12-22(19)53-2)55(42,43)10-9-54-58(50,51)52/h3-8,11-14,33,41H,9-10H2,1-2H3,(H,34,35,36)(H,44,45,46)(H,47,48,49)(H,50,51,52)/b39-38+,40-37+. The second-order valence-electron chi connectivity index (χ2n) is 11.3. The lowest BCUT2D eigenvalue weighted by Crippen LogP contribution is -2.15. The number of benzene rings is 4. The van der Waals surface area contributed by atoms with Gasteiger partial charge in [-0.15, -0.1) is 20.5 Å². The van der Waals surface area contributed by atoms with Gasteiger partial charge in [-0.25, -0.2) is 12.6 Å². The minimum atomic E-state index is -5.26. The van der Waals surface area contributed by atoms with Crippen LogP contribution >= 0.6 is 0 Å². The molecule has 0 aliphatic rings. The average Bonchev–Trinajstić information content (AvgIpc) is 3.11. The Bertz CT molecular complexity index is 2950. The van der Waals surface area contributed by atoms with E-state index in [0.29, 0.717) is 0 Å². The maximum atomic E-state index is 13.6. The Hall–Kier alpha value is -5.88. The van der Waals surface area contributed by atoms with Crippen molar-refractivity contribution >= 4 is 91.2 Å². The number of hydrogen-bond acceptors (Lipinski definition) is 19. The molecule has 0 fully saturated rings. The fraction of sp³-hybridized carbons (Fsp3) is 0.133. The number of ether oxygens (including phenoxy) is 1. The molecule has 0 spiro atoms.